The average molecular weight is 301 g/mol. The number of aromatic nitrogens is 1. The summed E-state index contributed by atoms with van der Waals surface area (Å²) in [5.41, 5.74) is 6.36. The Bertz CT molecular complexity index is 541. The van der Waals surface area contributed by atoms with Crippen LogP contribution >= 0.6 is 0 Å². The Balaban J connectivity index is 2.30. The molecule has 0 aliphatic heterocycles. The highest BCUT2D eigenvalue weighted by Gasteiger charge is 2.41. The third kappa shape index (κ3) is 3.86. The number of amides is 1. The van der Waals surface area contributed by atoms with Crippen LogP contribution in [0, 0.1) is 12.8 Å². The quantitative estimate of drug-likeness (QED) is 0.930. The first-order chi connectivity index (χ1) is 9.69. The standard InChI is InChI=1S/C14H18F3N3O/c1-8-12(5-11(18)6-19-8)13(21)20(7-14(15,16)17)9(2)10-3-4-10/h5-6,9-10H,3-4,7,18H2,1-2H3. The summed E-state index contributed by atoms with van der Waals surface area (Å²) < 4.78 is 38.3. The number of carbonyl (C=O) groups is 1. The number of anilines is 1. The van der Waals surface area contributed by atoms with Crippen molar-refractivity contribution in [2.75, 3.05) is 12.3 Å². The predicted molar refractivity (Wildman–Crippen MR) is 72.7 cm³/mol. The zero-order valence-corrected chi connectivity index (χ0v) is 11.9. The second-order valence-corrected chi connectivity index (χ2v) is 5.53. The number of hydrogen-bond donors (Lipinski definition) is 1. The molecule has 116 valence electrons. The fourth-order valence-electron chi connectivity index (χ4n) is 2.35. The van der Waals surface area contributed by atoms with E-state index in [0.29, 0.717) is 5.69 Å². The molecule has 1 aliphatic rings. The Morgan fingerprint density at radius 1 is 1.52 bits per heavy atom. The van der Waals surface area contributed by atoms with Crippen LogP contribution in [0.25, 0.3) is 0 Å². The predicted octanol–water partition coefficient (Wildman–Crippen LogP) is 2.78. The summed E-state index contributed by atoms with van der Waals surface area (Å²) in [6.45, 7) is 1.99. The summed E-state index contributed by atoms with van der Waals surface area (Å²) in [6.07, 6.45) is -1.33. The van der Waals surface area contributed by atoms with E-state index in [2.05, 4.69) is 4.98 Å². The van der Waals surface area contributed by atoms with E-state index in [-0.39, 0.29) is 17.2 Å². The van der Waals surface area contributed by atoms with Gasteiger partial charge in [0.15, 0.2) is 0 Å². The van der Waals surface area contributed by atoms with E-state index in [4.69, 9.17) is 5.73 Å². The van der Waals surface area contributed by atoms with Crippen LogP contribution in [0.15, 0.2) is 12.3 Å². The minimum atomic E-state index is -4.43. The molecule has 1 amide bonds. The molecule has 1 aromatic rings. The van der Waals surface area contributed by atoms with E-state index in [1.165, 1.54) is 12.3 Å². The maximum Gasteiger partial charge on any atom is 0.406 e. The van der Waals surface area contributed by atoms with Gasteiger partial charge >= 0.3 is 6.18 Å². The minimum absolute atomic E-state index is 0.131. The third-order valence-corrected chi connectivity index (χ3v) is 3.74. The monoisotopic (exact) mass is 301 g/mol. The Labute approximate surface area is 121 Å². The van der Waals surface area contributed by atoms with Crippen LogP contribution in [0.1, 0.15) is 35.8 Å². The van der Waals surface area contributed by atoms with Crippen molar-refractivity contribution in [1.29, 1.82) is 0 Å². The first-order valence-electron chi connectivity index (χ1n) is 6.79. The van der Waals surface area contributed by atoms with Crippen molar-refractivity contribution in [2.45, 2.75) is 38.9 Å². The summed E-state index contributed by atoms with van der Waals surface area (Å²) in [5, 5.41) is 0. The molecule has 4 nitrogen and oxygen atoms in total. The smallest absolute Gasteiger partial charge is 0.397 e. The van der Waals surface area contributed by atoms with Crippen LogP contribution in [-0.4, -0.2) is 34.6 Å². The van der Waals surface area contributed by atoms with Gasteiger partial charge in [-0.1, -0.05) is 0 Å². The van der Waals surface area contributed by atoms with Crippen molar-refractivity contribution < 1.29 is 18.0 Å². The molecule has 0 radical (unpaired) electrons. The molecule has 1 fully saturated rings. The largest absolute Gasteiger partial charge is 0.406 e. The molecule has 1 heterocycles. The first-order valence-corrected chi connectivity index (χ1v) is 6.79. The molecule has 7 heteroatoms. The maximum atomic E-state index is 12.8. The van der Waals surface area contributed by atoms with E-state index >= 15 is 0 Å². The molecular formula is C14H18F3N3O. The third-order valence-electron chi connectivity index (χ3n) is 3.74. The molecule has 0 aromatic carbocycles. The zero-order valence-electron chi connectivity index (χ0n) is 11.9. The number of nitrogens with two attached hydrogens (primary N) is 1. The van der Waals surface area contributed by atoms with Gasteiger partial charge in [0.2, 0.25) is 0 Å². The van der Waals surface area contributed by atoms with Crippen LogP contribution in [-0.2, 0) is 0 Å². The molecule has 1 aromatic heterocycles. The Hall–Kier alpha value is -1.79. The van der Waals surface area contributed by atoms with Gasteiger partial charge in [0.25, 0.3) is 5.91 Å². The van der Waals surface area contributed by atoms with E-state index in [0.717, 1.165) is 17.7 Å². The van der Waals surface area contributed by atoms with Crippen LogP contribution in [0.4, 0.5) is 18.9 Å². The Kier molecular flexibility index (Phi) is 4.11. The summed E-state index contributed by atoms with van der Waals surface area (Å²) >= 11 is 0. The molecule has 2 rings (SSSR count). The fourth-order valence-corrected chi connectivity index (χ4v) is 2.35. The molecule has 0 spiro atoms. The molecule has 2 N–H and O–H groups in total. The van der Waals surface area contributed by atoms with Crippen molar-refractivity contribution in [3.63, 3.8) is 0 Å². The summed E-state index contributed by atoms with van der Waals surface area (Å²) in [7, 11) is 0. The fraction of sp³-hybridized carbons (Fsp3) is 0.571. The molecular weight excluding hydrogens is 283 g/mol. The lowest BCUT2D eigenvalue weighted by molar-refractivity contribution is -0.144. The van der Waals surface area contributed by atoms with Crippen molar-refractivity contribution >= 4 is 11.6 Å². The van der Waals surface area contributed by atoms with Crippen molar-refractivity contribution in [3.05, 3.63) is 23.5 Å². The number of nitrogen functional groups attached to an aromatic ring is 1. The van der Waals surface area contributed by atoms with Crippen LogP contribution in [0.5, 0.6) is 0 Å². The first kappa shape index (κ1) is 15.6. The van der Waals surface area contributed by atoms with Crippen LogP contribution in [0.3, 0.4) is 0 Å². The highest BCUT2D eigenvalue weighted by atomic mass is 19.4. The number of aryl methyl sites for hydroxylation is 1. The second-order valence-electron chi connectivity index (χ2n) is 5.53. The van der Waals surface area contributed by atoms with Crippen LogP contribution < -0.4 is 5.73 Å². The number of hydrogen-bond acceptors (Lipinski definition) is 3. The highest BCUT2D eigenvalue weighted by Crippen LogP contribution is 2.36. The molecule has 21 heavy (non-hydrogen) atoms. The molecule has 1 atom stereocenters. The summed E-state index contributed by atoms with van der Waals surface area (Å²) in [4.78, 5) is 17.3. The Morgan fingerprint density at radius 2 is 2.14 bits per heavy atom. The van der Waals surface area contributed by atoms with E-state index in [1.54, 1.807) is 13.8 Å². The minimum Gasteiger partial charge on any atom is -0.397 e. The van der Waals surface area contributed by atoms with E-state index in [1.807, 2.05) is 0 Å². The van der Waals surface area contributed by atoms with Crippen LogP contribution in [0.2, 0.25) is 0 Å². The van der Waals surface area contributed by atoms with Gasteiger partial charge < -0.3 is 10.6 Å². The number of carbonyl (C=O) groups excluding carboxylic acids is 1. The molecule has 1 saturated carbocycles. The van der Waals surface area contributed by atoms with E-state index < -0.39 is 24.7 Å². The summed E-state index contributed by atoms with van der Waals surface area (Å²) in [5.74, 6) is -0.519. The lowest BCUT2D eigenvalue weighted by atomic mass is 10.1. The number of nitrogens with zero attached hydrogens (tertiary/aromatic N) is 2. The number of rotatable bonds is 4. The van der Waals surface area contributed by atoms with Gasteiger partial charge in [0, 0.05) is 6.04 Å². The second kappa shape index (κ2) is 5.54. The van der Waals surface area contributed by atoms with E-state index in [9.17, 15) is 18.0 Å². The van der Waals surface area contributed by atoms with Gasteiger partial charge in [-0.05, 0) is 38.7 Å². The van der Waals surface area contributed by atoms with Crippen molar-refractivity contribution in [3.8, 4) is 0 Å². The maximum absolute atomic E-state index is 12.8. The summed E-state index contributed by atoms with van der Waals surface area (Å²) in [6, 6.07) is 0.938. The number of halogens is 3. The van der Waals surface area contributed by atoms with Gasteiger partial charge in [-0.3, -0.25) is 9.78 Å². The van der Waals surface area contributed by atoms with Gasteiger partial charge in [-0.15, -0.1) is 0 Å². The lowest BCUT2D eigenvalue weighted by Crippen LogP contribution is -2.45. The Morgan fingerprint density at radius 3 is 2.67 bits per heavy atom. The SMILES string of the molecule is Cc1ncc(N)cc1C(=O)N(CC(F)(F)F)C(C)C1CC1. The number of pyridine rings is 1. The normalized spacial score (nSPS) is 16.6. The topological polar surface area (TPSA) is 59.2 Å². The van der Waals surface area contributed by atoms with Gasteiger partial charge in [0.05, 0.1) is 23.1 Å². The zero-order chi connectivity index (χ0) is 15.8. The molecule has 0 saturated heterocycles. The lowest BCUT2D eigenvalue weighted by Gasteiger charge is -2.30. The van der Waals surface area contributed by atoms with Crippen molar-refractivity contribution in [1.82, 2.24) is 9.88 Å². The average Bonchev–Trinajstić information content (AvgIpc) is 3.20. The van der Waals surface area contributed by atoms with Gasteiger partial charge in [-0.2, -0.15) is 13.2 Å². The highest BCUT2D eigenvalue weighted by molar-refractivity contribution is 5.96. The molecule has 1 unspecified atom stereocenters. The number of alkyl halides is 3. The molecule has 1 aliphatic carbocycles. The van der Waals surface area contributed by atoms with Gasteiger partial charge in [-0.25, -0.2) is 0 Å². The molecule has 0 bridgehead atoms. The van der Waals surface area contributed by atoms with Crippen molar-refractivity contribution in [2.24, 2.45) is 5.92 Å². The van der Waals surface area contributed by atoms with Gasteiger partial charge in [0.1, 0.15) is 6.54 Å².